The van der Waals surface area contributed by atoms with Gasteiger partial charge in [0, 0.05) is 13.3 Å². The molecule has 0 radical (unpaired) electrons. The lowest BCUT2D eigenvalue weighted by Crippen LogP contribution is -2.22. The maximum atomic E-state index is 13.6. The third kappa shape index (κ3) is 2.03. The Labute approximate surface area is 92.1 Å². The van der Waals surface area contributed by atoms with Crippen LogP contribution in [0, 0.1) is 5.82 Å². The molecule has 1 aliphatic heterocycles. The Bertz CT molecular complexity index is 457. The fourth-order valence-corrected chi connectivity index (χ4v) is 1.55. The summed E-state index contributed by atoms with van der Waals surface area (Å²) in [7, 11) is 0. The molecular weight excluding hydrogens is 211 g/mol. The van der Waals surface area contributed by atoms with Crippen molar-refractivity contribution in [1.82, 2.24) is 5.43 Å². The van der Waals surface area contributed by atoms with Crippen molar-refractivity contribution in [2.45, 2.75) is 13.3 Å². The van der Waals surface area contributed by atoms with Crippen LogP contribution in [0.1, 0.15) is 18.9 Å². The highest BCUT2D eigenvalue weighted by molar-refractivity contribution is 6.04. The van der Waals surface area contributed by atoms with Gasteiger partial charge in [-0.05, 0) is 12.1 Å². The number of ether oxygens (including phenoxy) is 1. The Balaban J connectivity index is 2.39. The largest absolute Gasteiger partial charge is 0.492 e. The SMILES string of the molecule is CC(=O)N/N=C1\CCOc2cccc(F)c21. The van der Waals surface area contributed by atoms with Crippen LogP contribution in [-0.4, -0.2) is 18.2 Å². The monoisotopic (exact) mass is 222 g/mol. The maximum absolute atomic E-state index is 13.6. The number of benzene rings is 1. The number of fused-ring (bicyclic) bond motifs is 1. The van der Waals surface area contributed by atoms with E-state index in [9.17, 15) is 9.18 Å². The molecule has 1 aromatic rings. The summed E-state index contributed by atoms with van der Waals surface area (Å²) in [6.45, 7) is 1.79. The molecule has 16 heavy (non-hydrogen) atoms. The van der Waals surface area contributed by atoms with Crippen molar-refractivity contribution in [2.75, 3.05) is 6.61 Å². The molecule has 1 amide bonds. The average molecular weight is 222 g/mol. The second-order valence-corrected chi connectivity index (χ2v) is 3.44. The van der Waals surface area contributed by atoms with Gasteiger partial charge in [-0.25, -0.2) is 9.82 Å². The number of halogens is 1. The van der Waals surface area contributed by atoms with E-state index in [1.165, 1.54) is 13.0 Å². The first-order valence-corrected chi connectivity index (χ1v) is 4.93. The molecule has 4 nitrogen and oxygen atoms in total. The summed E-state index contributed by atoms with van der Waals surface area (Å²) < 4.78 is 18.9. The average Bonchev–Trinajstić information content (AvgIpc) is 2.26. The summed E-state index contributed by atoms with van der Waals surface area (Å²) in [5.41, 5.74) is 3.15. The van der Waals surface area contributed by atoms with Crippen LogP contribution in [0.25, 0.3) is 0 Å². The molecule has 1 heterocycles. The Hall–Kier alpha value is -1.91. The van der Waals surface area contributed by atoms with Gasteiger partial charge in [0.25, 0.3) is 0 Å². The zero-order chi connectivity index (χ0) is 11.5. The molecule has 0 saturated heterocycles. The van der Waals surface area contributed by atoms with Gasteiger partial charge >= 0.3 is 0 Å². The molecule has 0 fully saturated rings. The van der Waals surface area contributed by atoms with Gasteiger partial charge in [0.2, 0.25) is 5.91 Å². The molecule has 1 N–H and O–H groups in total. The lowest BCUT2D eigenvalue weighted by Gasteiger charge is -2.19. The van der Waals surface area contributed by atoms with E-state index in [2.05, 4.69) is 10.5 Å². The van der Waals surface area contributed by atoms with Crippen LogP contribution in [0.2, 0.25) is 0 Å². The molecular formula is C11H11FN2O2. The summed E-state index contributed by atoms with van der Waals surface area (Å²) in [5, 5.41) is 3.88. The highest BCUT2D eigenvalue weighted by Gasteiger charge is 2.20. The van der Waals surface area contributed by atoms with Gasteiger partial charge < -0.3 is 4.74 Å². The normalized spacial score (nSPS) is 16.5. The van der Waals surface area contributed by atoms with Gasteiger partial charge in [0.05, 0.1) is 17.9 Å². The van der Waals surface area contributed by atoms with Crippen LogP contribution >= 0.6 is 0 Å². The molecule has 2 rings (SSSR count). The first-order chi connectivity index (χ1) is 7.68. The molecule has 5 heteroatoms. The summed E-state index contributed by atoms with van der Waals surface area (Å²) in [6.07, 6.45) is 0.480. The fraction of sp³-hybridized carbons (Fsp3) is 0.273. The van der Waals surface area contributed by atoms with Crippen molar-refractivity contribution >= 4 is 11.6 Å². The third-order valence-corrected chi connectivity index (χ3v) is 2.21. The smallest absolute Gasteiger partial charge is 0.236 e. The lowest BCUT2D eigenvalue weighted by atomic mass is 10.0. The molecule has 0 saturated carbocycles. The van der Waals surface area contributed by atoms with Crippen molar-refractivity contribution < 1.29 is 13.9 Å². The number of hydrogen-bond donors (Lipinski definition) is 1. The van der Waals surface area contributed by atoms with Crippen LogP contribution in [-0.2, 0) is 4.79 Å². The van der Waals surface area contributed by atoms with Gasteiger partial charge in [0.1, 0.15) is 11.6 Å². The molecule has 0 aliphatic carbocycles. The minimum absolute atomic E-state index is 0.281. The zero-order valence-electron chi connectivity index (χ0n) is 8.79. The first kappa shape index (κ1) is 10.6. The van der Waals surface area contributed by atoms with Crippen molar-refractivity contribution in [3.8, 4) is 5.75 Å². The Morgan fingerprint density at radius 3 is 3.12 bits per heavy atom. The van der Waals surface area contributed by atoms with Gasteiger partial charge in [0.15, 0.2) is 0 Å². The molecule has 0 aromatic heterocycles. The number of amides is 1. The Kier molecular flexibility index (Phi) is 2.85. The van der Waals surface area contributed by atoms with Crippen molar-refractivity contribution in [3.05, 3.63) is 29.6 Å². The molecule has 0 spiro atoms. The number of rotatable bonds is 1. The van der Waals surface area contributed by atoms with E-state index in [-0.39, 0.29) is 11.7 Å². The van der Waals surface area contributed by atoms with Crippen LogP contribution in [0.3, 0.4) is 0 Å². The van der Waals surface area contributed by atoms with Gasteiger partial charge in [-0.2, -0.15) is 5.10 Å². The van der Waals surface area contributed by atoms with Crippen molar-refractivity contribution in [2.24, 2.45) is 5.10 Å². The second-order valence-electron chi connectivity index (χ2n) is 3.44. The van der Waals surface area contributed by atoms with Crippen LogP contribution in [0.15, 0.2) is 23.3 Å². The first-order valence-electron chi connectivity index (χ1n) is 4.93. The standard InChI is InChI=1S/C11H11FN2O2/c1-7(15)13-14-9-5-6-16-10-4-2-3-8(12)11(9)10/h2-4H,5-6H2,1H3,(H,13,15)/b14-9+. The van der Waals surface area contributed by atoms with E-state index in [0.29, 0.717) is 30.1 Å². The van der Waals surface area contributed by atoms with E-state index in [4.69, 9.17) is 4.74 Å². The van der Waals surface area contributed by atoms with E-state index in [0.717, 1.165) is 0 Å². The van der Waals surface area contributed by atoms with Gasteiger partial charge in [-0.15, -0.1) is 0 Å². The molecule has 0 unspecified atom stereocenters. The van der Waals surface area contributed by atoms with E-state index < -0.39 is 0 Å². The van der Waals surface area contributed by atoms with Crippen molar-refractivity contribution in [3.63, 3.8) is 0 Å². The lowest BCUT2D eigenvalue weighted by molar-refractivity contribution is -0.118. The van der Waals surface area contributed by atoms with Gasteiger partial charge in [-0.3, -0.25) is 4.79 Å². The van der Waals surface area contributed by atoms with E-state index in [1.54, 1.807) is 12.1 Å². The Morgan fingerprint density at radius 2 is 2.38 bits per heavy atom. The number of hydrazone groups is 1. The van der Waals surface area contributed by atoms with Crippen molar-refractivity contribution in [1.29, 1.82) is 0 Å². The van der Waals surface area contributed by atoms with Crippen LogP contribution in [0.4, 0.5) is 4.39 Å². The number of carbonyl (C=O) groups excluding carboxylic acids is 1. The number of nitrogens with zero attached hydrogens (tertiary/aromatic N) is 1. The second kappa shape index (κ2) is 4.30. The minimum atomic E-state index is -0.388. The molecule has 84 valence electrons. The van der Waals surface area contributed by atoms with E-state index >= 15 is 0 Å². The molecule has 0 bridgehead atoms. The number of hydrogen-bond acceptors (Lipinski definition) is 3. The van der Waals surface area contributed by atoms with Crippen LogP contribution in [0.5, 0.6) is 5.75 Å². The number of nitrogens with one attached hydrogen (secondary N) is 1. The summed E-state index contributed by atoms with van der Waals surface area (Å²) >= 11 is 0. The summed E-state index contributed by atoms with van der Waals surface area (Å²) in [4.78, 5) is 10.7. The third-order valence-electron chi connectivity index (χ3n) is 2.21. The highest BCUT2D eigenvalue weighted by Crippen LogP contribution is 2.26. The predicted octanol–water partition coefficient (Wildman–Crippen LogP) is 1.45. The zero-order valence-corrected chi connectivity index (χ0v) is 8.79. The fourth-order valence-electron chi connectivity index (χ4n) is 1.55. The molecule has 0 atom stereocenters. The highest BCUT2D eigenvalue weighted by atomic mass is 19.1. The Morgan fingerprint density at radius 1 is 1.56 bits per heavy atom. The quantitative estimate of drug-likeness (QED) is 0.731. The van der Waals surface area contributed by atoms with Crippen LogP contribution < -0.4 is 10.2 Å². The topological polar surface area (TPSA) is 50.7 Å². The predicted molar refractivity (Wildman–Crippen MR) is 56.9 cm³/mol. The minimum Gasteiger partial charge on any atom is -0.492 e. The van der Waals surface area contributed by atoms with Gasteiger partial charge in [-0.1, -0.05) is 6.07 Å². The molecule has 1 aromatic carbocycles. The number of carbonyl (C=O) groups is 1. The van der Waals surface area contributed by atoms with E-state index in [1.807, 2.05) is 0 Å². The summed E-state index contributed by atoms with van der Waals surface area (Å²) in [6, 6.07) is 4.60. The summed E-state index contributed by atoms with van der Waals surface area (Å²) in [5.74, 6) is -0.200. The maximum Gasteiger partial charge on any atom is 0.236 e. The molecule has 1 aliphatic rings.